The number of rotatable bonds is 8. The molecule has 0 saturated carbocycles. The Labute approximate surface area is 172 Å². The number of nitrogens with zero attached hydrogens (tertiary/aromatic N) is 1. The first kappa shape index (κ1) is 20.4. The molecule has 0 fully saturated rings. The zero-order valence-electron chi connectivity index (χ0n) is 16.2. The molecule has 0 atom stereocenters. The Hall–Kier alpha value is -2.38. The zero-order chi connectivity index (χ0) is 20.3. The Bertz CT molecular complexity index is 1080. The SMILES string of the molecule is C=CCn1c(SCC(=O)c2ccc(OCC)cc2)[nH+]c2sc(C)c(C)c2c1=O. The van der Waals surface area contributed by atoms with E-state index in [1.165, 1.54) is 11.8 Å². The van der Waals surface area contributed by atoms with Gasteiger partial charge in [-0.25, -0.2) is 9.78 Å². The average molecular weight is 416 g/mol. The van der Waals surface area contributed by atoms with Crippen molar-refractivity contribution in [2.45, 2.75) is 32.5 Å². The average Bonchev–Trinajstić information content (AvgIpc) is 2.97. The summed E-state index contributed by atoms with van der Waals surface area (Å²) in [6.07, 6.45) is 1.69. The largest absolute Gasteiger partial charge is 0.494 e. The van der Waals surface area contributed by atoms with E-state index < -0.39 is 0 Å². The maximum absolute atomic E-state index is 13.0. The summed E-state index contributed by atoms with van der Waals surface area (Å²) >= 11 is 2.90. The second kappa shape index (κ2) is 8.75. The second-order valence-corrected chi connectivity index (χ2v) is 8.48. The van der Waals surface area contributed by atoms with E-state index in [0.717, 1.165) is 21.0 Å². The minimum absolute atomic E-state index is 0.00214. The molecule has 2 aromatic heterocycles. The van der Waals surface area contributed by atoms with Crippen LogP contribution >= 0.6 is 23.1 Å². The van der Waals surface area contributed by atoms with E-state index in [-0.39, 0.29) is 17.1 Å². The van der Waals surface area contributed by atoms with Gasteiger partial charge in [0.1, 0.15) is 17.7 Å². The number of thiophene rings is 1. The number of ketones is 1. The summed E-state index contributed by atoms with van der Waals surface area (Å²) in [6, 6.07) is 7.13. The maximum Gasteiger partial charge on any atom is 0.347 e. The summed E-state index contributed by atoms with van der Waals surface area (Å²) in [5.74, 6) is 0.974. The number of H-pyrrole nitrogens is 1. The molecule has 0 bridgehead atoms. The summed E-state index contributed by atoms with van der Waals surface area (Å²) in [7, 11) is 0. The lowest BCUT2D eigenvalue weighted by Crippen LogP contribution is -2.29. The first-order valence-electron chi connectivity index (χ1n) is 9.01. The molecule has 0 aliphatic heterocycles. The van der Waals surface area contributed by atoms with Crippen LogP contribution < -0.4 is 15.3 Å². The van der Waals surface area contributed by atoms with Crippen LogP contribution in [0.2, 0.25) is 0 Å². The molecule has 28 heavy (non-hydrogen) atoms. The van der Waals surface area contributed by atoms with E-state index in [1.807, 2.05) is 20.8 Å². The molecule has 146 valence electrons. The van der Waals surface area contributed by atoms with Crippen LogP contribution in [0.4, 0.5) is 0 Å². The number of thioether (sulfide) groups is 1. The standard InChI is InChI=1S/C21H22N2O3S2/c1-5-11-23-20(25)18-13(3)14(4)28-19(18)22-21(23)27-12-17(24)15-7-9-16(10-8-15)26-6-2/h5,7-10H,1,6,11-12H2,2-4H3/p+1. The van der Waals surface area contributed by atoms with Crippen molar-refractivity contribution in [2.24, 2.45) is 0 Å². The van der Waals surface area contributed by atoms with Crippen LogP contribution in [-0.4, -0.2) is 22.7 Å². The third-order valence-corrected chi connectivity index (χ3v) is 6.57. The van der Waals surface area contributed by atoms with Gasteiger partial charge in [-0.05, 0) is 62.4 Å². The Morgan fingerprint density at radius 1 is 1.32 bits per heavy atom. The highest BCUT2D eigenvalue weighted by atomic mass is 32.2. The summed E-state index contributed by atoms with van der Waals surface area (Å²) < 4.78 is 7.05. The normalized spacial score (nSPS) is 11.0. The lowest BCUT2D eigenvalue weighted by atomic mass is 10.1. The minimum Gasteiger partial charge on any atom is -0.494 e. The van der Waals surface area contributed by atoms with Crippen LogP contribution in [0.1, 0.15) is 27.7 Å². The van der Waals surface area contributed by atoms with Crippen LogP contribution in [0.3, 0.4) is 0 Å². The molecule has 0 spiro atoms. The molecule has 7 heteroatoms. The number of aromatic amines is 1. The fourth-order valence-electron chi connectivity index (χ4n) is 2.89. The highest BCUT2D eigenvalue weighted by Crippen LogP contribution is 2.26. The molecule has 0 unspecified atom stereocenters. The summed E-state index contributed by atoms with van der Waals surface area (Å²) in [6.45, 7) is 10.6. The van der Waals surface area contributed by atoms with Gasteiger partial charge in [0.25, 0.3) is 0 Å². The topological polar surface area (TPSA) is 62.4 Å². The lowest BCUT2D eigenvalue weighted by Gasteiger charge is -2.05. The number of carbonyl (C=O) groups excluding carboxylic acids is 1. The lowest BCUT2D eigenvalue weighted by molar-refractivity contribution is -0.404. The third-order valence-electron chi connectivity index (χ3n) is 4.45. The van der Waals surface area contributed by atoms with Crippen molar-refractivity contribution >= 4 is 39.1 Å². The van der Waals surface area contributed by atoms with Crippen molar-refractivity contribution in [1.29, 1.82) is 0 Å². The van der Waals surface area contributed by atoms with Crippen molar-refractivity contribution in [3.63, 3.8) is 0 Å². The molecule has 3 aromatic rings. The number of ether oxygens (including phenoxy) is 1. The quantitative estimate of drug-likeness (QED) is 0.241. The second-order valence-electron chi connectivity index (χ2n) is 6.29. The Kier molecular flexibility index (Phi) is 6.36. The molecule has 5 nitrogen and oxygen atoms in total. The van der Waals surface area contributed by atoms with Gasteiger partial charge >= 0.3 is 10.7 Å². The van der Waals surface area contributed by atoms with E-state index in [2.05, 4.69) is 11.6 Å². The molecular formula is C21H23N2O3S2+. The van der Waals surface area contributed by atoms with Crippen molar-refractivity contribution in [3.05, 3.63) is 63.3 Å². The van der Waals surface area contributed by atoms with Crippen LogP contribution in [-0.2, 0) is 6.54 Å². The van der Waals surface area contributed by atoms with E-state index in [1.54, 1.807) is 46.2 Å². The number of aromatic nitrogens is 2. The van der Waals surface area contributed by atoms with Crippen molar-refractivity contribution < 1.29 is 14.5 Å². The van der Waals surface area contributed by atoms with Gasteiger partial charge in [-0.15, -0.1) is 0 Å². The first-order valence-corrected chi connectivity index (χ1v) is 10.8. The van der Waals surface area contributed by atoms with Crippen molar-refractivity contribution in [1.82, 2.24) is 4.57 Å². The number of hydrogen-bond acceptors (Lipinski definition) is 5. The van der Waals surface area contributed by atoms with E-state index >= 15 is 0 Å². The minimum atomic E-state index is -0.0495. The molecule has 1 aromatic carbocycles. The molecule has 0 saturated heterocycles. The Balaban J connectivity index is 1.87. The summed E-state index contributed by atoms with van der Waals surface area (Å²) in [5.41, 5.74) is 1.57. The third kappa shape index (κ3) is 4.05. The van der Waals surface area contributed by atoms with Crippen LogP contribution in [0, 0.1) is 13.8 Å². The highest BCUT2D eigenvalue weighted by Gasteiger charge is 2.23. The fraction of sp³-hybridized carbons (Fsp3) is 0.286. The molecular weight excluding hydrogens is 392 g/mol. The Morgan fingerprint density at radius 3 is 2.68 bits per heavy atom. The van der Waals surface area contributed by atoms with Gasteiger partial charge in [-0.3, -0.25) is 4.79 Å². The Morgan fingerprint density at radius 2 is 2.04 bits per heavy atom. The number of nitrogens with one attached hydrogen (secondary N) is 1. The number of fused-ring (bicyclic) bond motifs is 1. The van der Waals surface area contributed by atoms with Gasteiger partial charge < -0.3 is 4.74 Å². The van der Waals surface area contributed by atoms with Gasteiger partial charge in [0.2, 0.25) is 0 Å². The van der Waals surface area contributed by atoms with E-state index in [4.69, 9.17) is 4.74 Å². The number of carbonyl (C=O) groups is 1. The molecule has 0 amide bonds. The molecule has 2 heterocycles. The molecule has 0 aliphatic carbocycles. The molecule has 3 rings (SSSR count). The van der Waals surface area contributed by atoms with Crippen molar-refractivity contribution in [3.8, 4) is 5.75 Å². The monoisotopic (exact) mass is 415 g/mol. The number of hydrogen-bond donors (Lipinski definition) is 0. The van der Waals surface area contributed by atoms with Gasteiger partial charge in [0.15, 0.2) is 10.6 Å². The van der Waals surface area contributed by atoms with Gasteiger partial charge in [0, 0.05) is 10.4 Å². The molecule has 0 radical (unpaired) electrons. The summed E-state index contributed by atoms with van der Waals surface area (Å²) in [5, 5.41) is 1.38. The molecule has 0 aliphatic rings. The van der Waals surface area contributed by atoms with E-state index in [0.29, 0.717) is 29.3 Å². The summed E-state index contributed by atoms with van der Waals surface area (Å²) in [4.78, 5) is 30.9. The number of allylic oxidation sites excluding steroid dienone is 1. The van der Waals surface area contributed by atoms with Crippen LogP contribution in [0.15, 0.2) is 46.9 Å². The first-order chi connectivity index (χ1) is 13.5. The predicted molar refractivity (Wildman–Crippen MR) is 115 cm³/mol. The maximum atomic E-state index is 13.0. The number of aryl methyl sites for hydroxylation is 2. The number of benzene rings is 1. The van der Waals surface area contributed by atoms with Gasteiger partial charge in [0.05, 0.1) is 12.4 Å². The van der Waals surface area contributed by atoms with Crippen molar-refractivity contribution in [2.75, 3.05) is 12.4 Å². The fourth-order valence-corrected chi connectivity index (χ4v) is 4.93. The number of Topliss-reactive ketones (excluding diaryl/α,β-unsaturated/α-hetero) is 1. The zero-order valence-corrected chi connectivity index (χ0v) is 17.8. The highest BCUT2D eigenvalue weighted by molar-refractivity contribution is 7.99. The van der Waals surface area contributed by atoms with Crippen LogP contribution in [0.25, 0.3) is 10.2 Å². The smallest absolute Gasteiger partial charge is 0.347 e. The van der Waals surface area contributed by atoms with Gasteiger partial charge in [-0.1, -0.05) is 24.0 Å². The van der Waals surface area contributed by atoms with Crippen LogP contribution in [0.5, 0.6) is 5.75 Å². The van der Waals surface area contributed by atoms with Gasteiger partial charge in [-0.2, -0.15) is 4.57 Å². The van der Waals surface area contributed by atoms with E-state index in [9.17, 15) is 9.59 Å². The molecule has 1 N–H and O–H groups in total. The predicted octanol–water partition coefficient (Wildman–Crippen LogP) is 4.05.